The molecule has 0 spiro atoms. The Balaban J connectivity index is 2.00. The van der Waals surface area contributed by atoms with E-state index in [9.17, 15) is 9.59 Å². The lowest BCUT2D eigenvalue weighted by molar-refractivity contribution is -0.120. The normalized spacial score (nSPS) is 13.7. The lowest BCUT2D eigenvalue weighted by Gasteiger charge is -2.08. The van der Waals surface area contributed by atoms with E-state index in [2.05, 4.69) is 37.4 Å². The van der Waals surface area contributed by atoms with Crippen molar-refractivity contribution in [1.29, 1.82) is 0 Å². The maximum Gasteiger partial charge on any atom is 0.224 e. The number of carbonyl (C=O) groups excluding carboxylic acids is 2. The second-order valence-corrected chi connectivity index (χ2v) is 5.59. The zero-order chi connectivity index (χ0) is 15.4. The van der Waals surface area contributed by atoms with Gasteiger partial charge in [-0.05, 0) is 50.0 Å². The fourth-order valence-corrected chi connectivity index (χ4v) is 2.61. The van der Waals surface area contributed by atoms with Crippen LogP contribution in [0.1, 0.15) is 37.0 Å². The largest absolute Gasteiger partial charge is 0.352 e. The highest BCUT2D eigenvalue weighted by molar-refractivity contribution is 5.92. The zero-order valence-corrected chi connectivity index (χ0v) is 12.8. The van der Waals surface area contributed by atoms with E-state index in [1.54, 1.807) is 6.08 Å². The van der Waals surface area contributed by atoms with E-state index in [-0.39, 0.29) is 11.7 Å². The van der Waals surface area contributed by atoms with E-state index >= 15 is 0 Å². The number of amides is 1. The van der Waals surface area contributed by atoms with Crippen LogP contribution in [0, 0.1) is 6.92 Å². The maximum absolute atomic E-state index is 12.0. The van der Waals surface area contributed by atoms with E-state index in [1.807, 2.05) is 0 Å². The second kappa shape index (κ2) is 6.53. The van der Waals surface area contributed by atoms with Gasteiger partial charge in [-0.15, -0.1) is 0 Å². The van der Waals surface area contributed by atoms with Crippen molar-refractivity contribution in [3.05, 3.63) is 52.6 Å². The number of nitrogens with one attached hydrogen (secondary N) is 1. The van der Waals surface area contributed by atoms with Crippen LogP contribution in [0.5, 0.6) is 0 Å². The molecule has 0 radical (unpaired) electrons. The third kappa shape index (κ3) is 3.91. The van der Waals surface area contributed by atoms with Crippen molar-refractivity contribution in [3.63, 3.8) is 0 Å². The van der Waals surface area contributed by atoms with Crippen LogP contribution in [0.25, 0.3) is 5.57 Å². The SMILES string of the molecule is CC(=O)/C=C/CNC(=O)CC1=C(C)Cc2ccc(C)cc21. The number of hydrogen-bond acceptors (Lipinski definition) is 2. The highest BCUT2D eigenvalue weighted by Crippen LogP contribution is 2.35. The standard InChI is InChI=1S/C18H21NO2/c1-12-6-7-15-10-13(2)16(17(15)9-12)11-18(21)19-8-4-5-14(3)20/h4-7,9H,8,10-11H2,1-3H3,(H,19,21)/b5-4+. The van der Waals surface area contributed by atoms with Crippen LogP contribution < -0.4 is 5.32 Å². The van der Waals surface area contributed by atoms with Crippen LogP contribution in [0.4, 0.5) is 0 Å². The van der Waals surface area contributed by atoms with Gasteiger partial charge in [0.05, 0.1) is 6.42 Å². The first-order chi connectivity index (χ1) is 9.97. The molecule has 0 heterocycles. The molecule has 1 aliphatic rings. The zero-order valence-electron chi connectivity index (χ0n) is 12.8. The molecule has 0 bridgehead atoms. The van der Waals surface area contributed by atoms with Crippen LogP contribution >= 0.6 is 0 Å². The Bertz CT molecular complexity index is 639. The highest BCUT2D eigenvalue weighted by atomic mass is 16.1. The Labute approximate surface area is 125 Å². The summed E-state index contributed by atoms with van der Waals surface area (Å²) in [5, 5.41) is 2.82. The van der Waals surface area contributed by atoms with Crippen LogP contribution in [0.2, 0.25) is 0 Å². The molecule has 1 N–H and O–H groups in total. The highest BCUT2D eigenvalue weighted by Gasteiger charge is 2.20. The molecule has 0 unspecified atom stereocenters. The number of rotatable bonds is 5. The van der Waals surface area contributed by atoms with Crippen LogP contribution in [0.3, 0.4) is 0 Å². The molecule has 1 amide bonds. The summed E-state index contributed by atoms with van der Waals surface area (Å²) in [6.07, 6.45) is 4.48. The molecule has 0 aromatic heterocycles. The van der Waals surface area contributed by atoms with Crippen molar-refractivity contribution in [2.45, 2.75) is 33.6 Å². The summed E-state index contributed by atoms with van der Waals surface area (Å²) in [5.74, 6) is -0.0186. The third-order valence-electron chi connectivity index (χ3n) is 3.67. The first-order valence-corrected chi connectivity index (χ1v) is 7.19. The maximum atomic E-state index is 12.0. The van der Waals surface area contributed by atoms with Crippen LogP contribution in [-0.2, 0) is 16.0 Å². The summed E-state index contributed by atoms with van der Waals surface area (Å²) in [6.45, 7) is 6.04. The molecule has 0 saturated carbocycles. The molecule has 0 atom stereocenters. The minimum absolute atomic E-state index is 0.00749. The predicted octanol–water partition coefficient (Wildman–Crippen LogP) is 2.98. The van der Waals surface area contributed by atoms with E-state index in [1.165, 1.54) is 35.3 Å². The molecule has 21 heavy (non-hydrogen) atoms. The van der Waals surface area contributed by atoms with Crippen molar-refractivity contribution in [3.8, 4) is 0 Å². The molecule has 110 valence electrons. The molecule has 2 rings (SSSR count). The van der Waals surface area contributed by atoms with Crippen LogP contribution in [0.15, 0.2) is 35.9 Å². The second-order valence-electron chi connectivity index (χ2n) is 5.59. The number of benzene rings is 1. The number of carbonyl (C=O) groups is 2. The third-order valence-corrected chi connectivity index (χ3v) is 3.67. The summed E-state index contributed by atoms with van der Waals surface area (Å²) >= 11 is 0. The summed E-state index contributed by atoms with van der Waals surface area (Å²) in [4.78, 5) is 22.8. The molecule has 0 aliphatic heterocycles. The van der Waals surface area contributed by atoms with Crippen molar-refractivity contribution >= 4 is 17.3 Å². The Morgan fingerprint density at radius 2 is 2.05 bits per heavy atom. The van der Waals surface area contributed by atoms with Crippen molar-refractivity contribution in [1.82, 2.24) is 5.32 Å². The fourth-order valence-electron chi connectivity index (χ4n) is 2.61. The Kier molecular flexibility index (Phi) is 4.73. The Hall–Kier alpha value is -2.16. The minimum Gasteiger partial charge on any atom is -0.352 e. The lowest BCUT2D eigenvalue weighted by atomic mass is 10.0. The Morgan fingerprint density at radius 3 is 2.76 bits per heavy atom. The van der Waals surface area contributed by atoms with Gasteiger partial charge in [-0.3, -0.25) is 9.59 Å². The van der Waals surface area contributed by atoms with Gasteiger partial charge in [0.1, 0.15) is 0 Å². The average molecular weight is 283 g/mol. The topological polar surface area (TPSA) is 46.2 Å². The summed E-state index contributed by atoms with van der Waals surface area (Å²) in [6, 6.07) is 6.42. The first-order valence-electron chi connectivity index (χ1n) is 7.19. The van der Waals surface area contributed by atoms with Gasteiger partial charge in [-0.1, -0.05) is 35.4 Å². The van der Waals surface area contributed by atoms with Gasteiger partial charge in [0.15, 0.2) is 5.78 Å². The summed E-state index contributed by atoms with van der Waals surface area (Å²) in [5.41, 5.74) is 6.14. The predicted molar refractivity (Wildman–Crippen MR) is 84.9 cm³/mol. The van der Waals surface area contributed by atoms with Crippen molar-refractivity contribution in [2.75, 3.05) is 6.54 Å². The number of aryl methyl sites for hydroxylation is 1. The number of fused-ring (bicyclic) bond motifs is 1. The molecule has 3 nitrogen and oxygen atoms in total. The average Bonchev–Trinajstić information content (AvgIpc) is 2.71. The number of hydrogen-bond donors (Lipinski definition) is 1. The van der Waals surface area contributed by atoms with E-state index in [0.717, 1.165) is 12.0 Å². The molecule has 1 aliphatic carbocycles. The lowest BCUT2D eigenvalue weighted by Crippen LogP contribution is -2.23. The van der Waals surface area contributed by atoms with Gasteiger partial charge in [0.2, 0.25) is 5.91 Å². The summed E-state index contributed by atoms with van der Waals surface area (Å²) < 4.78 is 0. The molecular weight excluding hydrogens is 262 g/mol. The fraction of sp³-hybridized carbons (Fsp3) is 0.333. The smallest absolute Gasteiger partial charge is 0.224 e. The van der Waals surface area contributed by atoms with Crippen molar-refractivity contribution in [2.24, 2.45) is 0 Å². The van der Waals surface area contributed by atoms with Crippen LogP contribution in [-0.4, -0.2) is 18.2 Å². The number of ketones is 1. The molecule has 3 heteroatoms. The summed E-state index contributed by atoms with van der Waals surface area (Å²) in [7, 11) is 0. The quantitative estimate of drug-likeness (QED) is 0.844. The van der Waals surface area contributed by atoms with E-state index in [0.29, 0.717) is 13.0 Å². The first kappa shape index (κ1) is 15.2. The van der Waals surface area contributed by atoms with Gasteiger partial charge in [0, 0.05) is 6.54 Å². The monoisotopic (exact) mass is 283 g/mol. The van der Waals surface area contributed by atoms with E-state index in [4.69, 9.17) is 0 Å². The van der Waals surface area contributed by atoms with Gasteiger partial charge < -0.3 is 5.32 Å². The van der Waals surface area contributed by atoms with E-state index < -0.39 is 0 Å². The Morgan fingerprint density at radius 1 is 1.29 bits per heavy atom. The molecule has 1 aromatic rings. The van der Waals surface area contributed by atoms with Gasteiger partial charge >= 0.3 is 0 Å². The molecule has 0 saturated heterocycles. The number of allylic oxidation sites excluding steroid dienone is 2. The molecule has 0 fully saturated rings. The molecule has 1 aromatic carbocycles. The van der Waals surface area contributed by atoms with Gasteiger partial charge in [0.25, 0.3) is 0 Å². The van der Waals surface area contributed by atoms with Crippen molar-refractivity contribution < 1.29 is 9.59 Å². The minimum atomic E-state index is -0.0111. The van der Waals surface area contributed by atoms with Gasteiger partial charge in [-0.25, -0.2) is 0 Å². The van der Waals surface area contributed by atoms with Gasteiger partial charge in [-0.2, -0.15) is 0 Å². The molecular formula is C18H21NO2.